The number of carbonyl (C=O) groups excluding carboxylic acids is 1. The summed E-state index contributed by atoms with van der Waals surface area (Å²) in [4.78, 5) is 22.5. The number of rotatable bonds is 9. The van der Waals surface area contributed by atoms with Crippen LogP contribution in [0, 0.1) is 13.8 Å². The van der Waals surface area contributed by atoms with E-state index in [2.05, 4.69) is 59.1 Å². The molecular formula is C28H36N4O2. The number of aryl methyl sites for hydroxylation is 2. The number of amides is 1. The molecule has 3 aromatic rings. The minimum absolute atomic E-state index is 0.187. The quantitative estimate of drug-likeness (QED) is 0.463. The van der Waals surface area contributed by atoms with Crippen molar-refractivity contribution in [3.05, 3.63) is 71.3 Å². The third-order valence-electron chi connectivity index (χ3n) is 6.61. The van der Waals surface area contributed by atoms with E-state index in [9.17, 15) is 4.79 Å². The third kappa shape index (κ3) is 5.68. The number of benzene rings is 2. The second-order valence-electron chi connectivity index (χ2n) is 9.06. The highest BCUT2D eigenvalue weighted by molar-refractivity contribution is 5.97. The first-order valence-corrected chi connectivity index (χ1v) is 12.4. The lowest BCUT2D eigenvalue weighted by molar-refractivity contribution is 0.0922. The standard InChI is InChI=1S/C28H36N4O2/c1-4-10-25-30-26(23-12-6-5-7-13-23)27(34-25)28(33)29-15-9-16-31-17-19-32(20-18-31)24-14-8-11-21(2)22(24)3/h5-8,11-14H,4,9-10,15-20H2,1-3H3,(H,29,33). The second-order valence-corrected chi connectivity index (χ2v) is 9.06. The van der Waals surface area contributed by atoms with Crippen molar-refractivity contribution in [1.29, 1.82) is 0 Å². The van der Waals surface area contributed by atoms with Gasteiger partial charge in [0.1, 0.15) is 5.69 Å². The summed E-state index contributed by atoms with van der Waals surface area (Å²) >= 11 is 0. The Morgan fingerprint density at radius 3 is 2.53 bits per heavy atom. The first-order valence-electron chi connectivity index (χ1n) is 12.4. The molecule has 34 heavy (non-hydrogen) atoms. The van der Waals surface area contributed by atoms with Crippen LogP contribution >= 0.6 is 0 Å². The first-order chi connectivity index (χ1) is 16.6. The molecule has 180 valence electrons. The Labute approximate surface area is 203 Å². The second kappa shape index (κ2) is 11.3. The Bertz CT molecular complexity index is 1090. The van der Waals surface area contributed by atoms with Crippen molar-refractivity contribution in [2.75, 3.05) is 44.2 Å². The van der Waals surface area contributed by atoms with Gasteiger partial charge < -0.3 is 14.6 Å². The van der Waals surface area contributed by atoms with Crippen LogP contribution in [-0.4, -0.2) is 55.1 Å². The van der Waals surface area contributed by atoms with Gasteiger partial charge in [0.05, 0.1) is 0 Å². The SMILES string of the molecule is CCCc1nc(-c2ccccc2)c(C(=O)NCCCN2CCN(c3cccc(C)c3C)CC2)o1. The number of piperazine rings is 1. The Morgan fingerprint density at radius 1 is 1.03 bits per heavy atom. The predicted octanol–water partition coefficient (Wildman–Crippen LogP) is 4.85. The zero-order chi connectivity index (χ0) is 23.9. The van der Waals surface area contributed by atoms with Crippen LogP contribution in [0.3, 0.4) is 0 Å². The molecule has 6 heteroatoms. The fraction of sp³-hybridized carbons (Fsp3) is 0.429. The molecule has 4 rings (SSSR count). The van der Waals surface area contributed by atoms with Crippen molar-refractivity contribution in [2.24, 2.45) is 0 Å². The van der Waals surface area contributed by atoms with Crippen molar-refractivity contribution in [1.82, 2.24) is 15.2 Å². The van der Waals surface area contributed by atoms with Gasteiger partial charge in [-0.2, -0.15) is 0 Å². The summed E-state index contributed by atoms with van der Waals surface area (Å²) in [6.45, 7) is 12.2. The number of hydrogen-bond acceptors (Lipinski definition) is 5. The number of carbonyl (C=O) groups is 1. The number of oxazole rings is 1. The Morgan fingerprint density at radius 2 is 1.79 bits per heavy atom. The van der Waals surface area contributed by atoms with Gasteiger partial charge in [-0.1, -0.05) is 49.4 Å². The summed E-state index contributed by atoms with van der Waals surface area (Å²) in [5.41, 5.74) is 5.61. The molecule has 0 saturated carbocycles. The molecule has 0 radical (unpaired) electrons. The summed E-state index contributed by atoms with van der Waals surface area (Å²) in [7, 11) is 0. The van der Waals surface area contributed by atoms with Crippen molar-refractivity contribution in [2.45, 2.75) is 40.0 Å². The summed E-state index contributed by atoms with van der Waals surface area (Å²) < 4.78 is 5.85. The van der Waals surface area contributed by atoms with E-state index >= 15 is 0 Å². The molecular weight excluding hydrogens is 424 g/mol. The molecule has 2 aromatic carbocycles. The molecule has 0 unspecified atom stereocenters. The number of nitrogens with one attached hydrogen (secondary N) is 1. The Hall–Kier alpha value is -3.12. The molecule has 6 nitrogen and oxygen atoms in total. The van der Waals surface area contributed by atoms with Crippen LogP contribution in [0.1, 0.15) is 47.3 Å². The van der Waals surface area contributed by atoms with Crippen molar-refractivity contribution in [3.63, 3.8) is 0 Å². The van der Waals surface area contributed by atoms with Gasteiger partial charge in [0.15, 0.2) is 5.89 Å². The number of anilines is 1. The first kappa shape index (κ1) is 24.0. The summed E-state index contributed by atoms with van der Waals surface area (Å²) in [5, 5.41) is 3.04. The van der Waals surface area contributed by atoms with Gasteiger partial charge in [-0.3, -0.25) is 9.69 Å². The van der Waals surface area contributed by atoms with E-state index in [0.717, 1.165) is 57.5 Å². The smallest absolute Gasteiger partial charge is 0.289 e. The largest absolute Gasteiger partial charge is 0.435 e. The van der Waals surface area contributed by atoms with E-state index in [1.165, 1.54) is 16.8 Å². The minimum atomic E-state index is -0.187. The van der Waals surface area contributed by atoms with Gasteiger partial charge >= 0.3 is 0 Å². The highest BCUT2D eigenvalue weighted by Gasteiger charge is 2.22. The average Bonchev–Trinajstić information content (AvgIpc) is 3.29. The van der Waals surface area contributed by atoms with Gasteiger partial charge in [-0.15, -0.1) is 0 Å². The van der Waals surface area contributed by atoms with Gasteiger partial charge in [-0.25, -0.2) is 4.98 Å². The van der Waals surface area contributed by atoms with Crippen molar-refractivity contribution < 1.29 is 9.21 Å². The van der Waals surface area contributed by atoms with Crippen LogP contribution in [0.25, 0.3) is 11.3 Å². The van der Waals surface area contributed by atoms with Crippen LogP contribution < -0.4 is 10.2 Å². The predicted molar refractivity (Wildman–Crippen MR) is 137 cm³/mol. The topological polar surface area (TPSA) is 61.6 Å². The van der Waals surface area contributed by atoms with E-state index in [1.54, 1.807) is 0 Å². The summed E-state index contributed by atoms with van der Waals surface area (Å²) in [5.74, 6) is 0.749. The monoisotopic (exact) mass is 460 g/mol. The van der Waals surface area contributed by atoms with Gasteiger partial charge in [0.2, 0.25) is 5.76 Å². The zero-order valence-electron chi connectivity index (χ0n) is 20.6. The minimum Gasteiger partial charge on any atom is -0.435 e. The van der Waals surface area contributed by atoms with E-state index in [-0.39, 0.29) is 5.91 Å². The Kier molecular flexibility index (Phi) is 8.01. The van der Waals surface area contributed by atoms with Crippen molar-refractivity contribution in [3.8, 4) is 11.3 Å². The summed E-state index contributed by atoms with van der Waals surface area (Å²) in [6, 6.07) is 16.3. The number of aromatic nitrogens is 1. The third-order valence-corrected chi connectivity index (χ3v) is 6.61. The molecule has 1 amide bonds. The Balaban J connectivity index is 1.26. The van der Waals surface area contributed by atoms with Crippen LogP contribution in [0.4, 0.5) is 5.69 Å². The maximum Gasteiger partial charge on any atom is 0.289 e. The molecule has 1 aromatic heterocycles. The lowest BCUT2D eigenvalue weighted by atomic mass is 10.1. The lowest BCUT2D eigenvalue weighted by Gasteiger charge is -2.37. The molecule has 2 heterocycles. The molecule has 1 N–H and O–H groups in total. The molecule has 1 aliphatic rings. The molecule has 0 aliphatic carbocycles. The van der Waals surface area contributed by atoms with Crippen molar-refractivity contribution >= 4 is 11.6 Å². The van der Waals surface area contributed by atoms with E-state index < -0.39 is 0 Å². The highest BCUT2D eigenvalue weighted by Crippen LogP contribution is 2.25. The molecule has 0 spiro atoms. The van der Waals surface area contributed by atoms with Crippen LogP contribution in [0.5, 0.6) is 0 Å². The highest BCUT2D eigenvalue weighted by atomic mass is 16.4. The van der Waals surface area contributed by atoms with Gasteiger partial charge in [0.25, 0.3) is 5.91 Å². The maximum absolute atomic E-state index is 12.9. The summed E-state index contributed by atoms with van der Waals surface area (Å²) in [6.07, 6.45) is 2.56. The lowest BCUT2D eigenvalue weighted by Crippen LogP contribution is -2.47. The fourth-order valence-electron chi connectivity index (χ4n) is 4.51. The number of nitrogens with zero attached hydrogens (tertiary/aromatic N) is 3. The molecule has 0 bridgehead atoms. The van der Waals surface area contributed by atoms with E-state index in [1.807, 2.05) is 30.3 Å². The van der Waals surface area contributed by atoms with Gasteiger partial charge in [-0.05, 0) is 50.4 Å². The molecule has 0 atom stereocenters. The normalized spacial score (nSPS) is 14.4. The zero-order valence-corrected chi connectivity index (χ0v) is 20.6. The van der Waals surface area contributed by atoms with Crippen LogP contribution in [-0.2, 0) is 6.42 Å². The van der Waals surface area contributed by atoms with Gasteiger partial charge in [0, 0.05) is 50.4 Å². The van der Waals surface area contributed by atoms with E-state index in [0.29, 0.717) is 23.9 Å². The molecule has 1 fully saturated rings. The fourth-order valence-corrected chi connectivity index (χ4v) is 4.51. The van der Waals surface area contributed by atoms with E-state index in [4.69, 9.17) is 4.42 Å². The maximum atomic E-state index is 12.9. The average molecular weight is 461 g/mol. The molecule has 1 aliphatic heterocycles. The van der Waals surface area contributed by atoms with Crippen LogP contribution in [0.15, 0.2) is 52.9 Å². The molecule has 1 saturated heterocycles. The van der Waals surface area contributed by atoms with Crippen LogP contribution in [0.2, 0.25) is 0 Å². The number of hydrogen-bond donors (Lipinski definition) is 1.